The lowest BCUT2D eigenvalue weighted by molar-refractivity contribution is 0.409. The van der Waals surface area contributed by atoms with Crippen molar-refractivity contribution in [2.24, 2.45) is 0 Å². The van der Waals surface area contributed by atoms with Gasteiger partial charge in [-0.1, -0.05) is 92.2 Å². The van der Waals surface area contributed by atoms with E-state index in [0.29, 0.717) is 0 Å². The van der Waals surface area contributed by atoms with Gasteiger partial charge in [0.25, 0.3) is 0 Å². The minimum Gasteiger partial charge on any atom is -0.496 e. The predicted molar refractivity (Wildman–Crippen MR) is 145 cm³/mol. The summed E-state index contributed by atoms with van der Waals surface area (Å²) in [4.78, 5) is 0. The summed E-state index contributed by atoms with van der Waals surface area (Å²) in [6, 6.07) is 31.1. The number of ether oxygens (including phenoxy) is 2. The van der Waals surface area contributed by atoms with Crippen LogP contribution in [-0.4, -0.2) is 14.2 Å². The van der Waals surface area contributed by atoms with E-state index in [1.165, 1.54) is 38.9 Å². The van der Waals surface area contributed by atoms with Crippen LogP contribution in [0.2, 0.25) is 0 Å². The monoisotopic (exact) mass is 460 g/mol. The van der Waals surface area contributed by atoms with E-state index >= 15 is 0 Å². The molecule has 0 aliphatic heterocycles. The van der Waals surface area contributed by atoms with Crippen molar-refractivity contribution in [2.75, 3.05) is 14.2 Å². The third-order valence-corrected chi connectivity index (χ3v) is 7.26. The van der Waals surface area contributed by atoms with Crippen LogP contribution < -0.4 is 9.47 Å². The van der Waals surface area contributed by atoms with E-state index in [0.717, 1.165) is 36.3 Å². The number of rotatable bonds is 8. The van der Waals surface area contributed by atoms with Crippen molar-refractivity contribution in [3.63, 3.8) is 0 Å². The standard InChI is InChI=1S/C33H32O2/c1-5-11-23-21-25(17-19-31(23)34-3)33(26-18-20-32(35-4)24(22-26)12-6-2)29-15-9-7-13-27(29)28-14-8-10-16-30(28)33/h5,7-10,13-22H,1,6,11-12H2,2-4H3. The molecule has 0 radical (unpaired) electrons. The Morgan fingerprint density at radius 2 is 1.23 bits per heavy atom. The van der Waals surface area contributed by atoms with Crippen LogP contribution in [0.15, 0.2) is 97.6 Å². The van der Waals surface area contributed by atoms with Gasteiger partial charge in [0.05, 0.1) is 19.6 Å². The number of hydrogen-bond acceptors (Lipinski definition) is 2. The van der Waals surface area contributed by atoms with Crippen molar-refractivity contribution in [2.45, 2.75) is 31.6 Å². The lowest BCUT2D eigenvalue weighted by Gasteiger charge is -2.35. The normalized spacial score (nSPS) is 13.1. The molecule has 4 aromatic rings. The van der Waals surface area contributed by atoms with Crippen LogP contribution in [0.1, 0.15) is 46.7 Å². The SMILES string of the molecule is C=CCc1cc(C2(c3ccc(OC)c(CCC)c3)c3ccccc3-c3ccccc32)ccc1OC. The van der Waals surface area contributed by atoms with E-state index in [4.69, 9.17) is 9.47 Å². The first-order valence-electron chi connectivity index (χ1n) is 12.3. The number of benzene rings is 4. The molecule has 2 heteroatoms. The van der Waals surface area contributed by atoms with Crippen LogP contribution in [0.25, 0.3) is 11.1 Å². The average Bonchev–Trinajstić information content (AvgIpc) is 3.20. The fourth-order valence-electron chi connectivity index (χ4n) is 5.83. The van der Waals surface area contributed by atoms with Gasteiger partial charge in [-0.3, -0.25) is 0 Å². The van der Waals surface area contributed by atoms with Gasteiger partial charge in [0.2, 0.25) is 0 Å². The lowest BCUT2D eigenvalue weighted by atomic mass is 9.67. The molecular formula is C33H32O2. The minimum absolute atomic E-state index is 0.440. The first-order valence-corrected chi connectivity index (χ1v) is 12.3. The van der Waals surface area contributed by atoms with Gasteiger partial charge in [0.1, 0.15) is 11.5 Å². The summed E-state index contributed by atoms with van der Waals surface area (Å²) in [5.41, 5.74) is 9.64. The second-order valence-corrected chi connectivity index (χ2v) is 9.14. The predicted octanol–water partition coefficient (Wildman–Crippen LogP) is 7.75. The molecule has 176 valence electrons. The summed E-state index contributed by atoms with van der Waals surface area (Å²) < 4.78 is 11.5. The van der Waals surface area contributed by atoms with Gasteiger partial charge >= 0.3 is 0 Å². The van der Waals surface area contributed by atoms with Crippen molar-refractivity contribution >= 4 is 0 Å². The molecule has 0 amide bonds. The molecule has 0 unspecified atom stereocenters. The minimum atomic E-state index is -0.440. The first-order chi connectivity index (χ1) is 17.2. The summed E-state index contributed by atoms with van der Waals surface area (Å²) in [7, 11) is 3.49. The van der Waals surface area contributed by atoms with Gasteiger partial charge < -0.3 is 9.47 Å². The summed E-state index contributed by atoms with van der Waals surface area (Å²) >= 11 is 0. The number of fused-ring (bicyclic) bond motifs is 3. The molecule has 1 aliphatic rings. The Kier molecular flexibility index (Phi) is 6.21. The smallest absolute Gasteiger partial charge is 0.122 e. The molecule has 0 bridgehead atoms. The molecule has 0 N–H and O–H groups in total. The van der Waals surface area contributed by atoms with Crippen molar-refractivity contribution < 1.29 is 9.47 Å². The van der Waals surface area contributed by atoms with Crippen molar-refractivity contribution in [3.8, 4) is 22.6 Å². The Hall–Kier alpha value is -3.78. The maximum Gasteiger partial charge on any atom is 0.122 e. The Bertz CT molecular complexity index is 1340. The molecule has 0 spiro atoms. The van der Waals surface area contributed by atoms with Crippen molar-refractivity contribution in [3.05, 3.63) is 131 Å². The molecule has 0 fully saturated rings. The molecule has 0 aromatic heterocycles. The molecule has 2 nitrogen and oxygen atoms in total. The van der Waals surface area contributed by atoms with Gasteiger partial charge in [-0.05, 0) is 69.5 Å². The topological polar surface area (TPSA) is 18.5 Å². The Labute approximate surface area is 208 Å². The quantitative estimate of drug-likeness (QED) is 0.220. The second-order valence-electron chi connectivity index (χ2n) is 9.14. The maximum absolute atomic E-state index is 5.75. The molecule has 35 heavy (non-hydrogen) atoms. The Morgan fingerprint density at radius 3 is 1.74 bits per heavy atom. The third-order valence-electron chi connectivity index (χ3n) is 7.26. The number of methoxy groups -OCH3 is 2. The highest BCUT2D eigenvalue weighted by molar-refractivity contribution is 5.86. The maximum atomic E-state index is 5.75. The lowest BCUT2D eigenvalue weighted by Crippen LogP contribution is -2.29. The summed E-state index contributed by atoms with van der Waals surface area (Å²) in [6.45, 7) is 6.20. The van der Waals surface area contributed by atoms with Crippen molar-refractivity contribution in [1.82, 2.24) is 0 Å². The molecule has 0 saturated carbocycles. The highest BCUT2D eigenvalue weighted by Gasteiger charge is 2.46. The Morgan fingerprint density at radius 1 is 0.714 bits per heavy atom. The van der Waals surface area contributed by atoms with E-state index in [2.05, 4.69) is 98.4 Å². The molecule has 5 rings (SSSR count). The van der Waals surface area contributed by atoms with Gasteiger partial charge in [-0.25, -0.2) is 0 Å². The molecule has 0 saturated heterocycles. The van der Waals surface area contributed by atoms with E-state index in [9.17, 15) is 0 Å². The zero-order chi connectivity index (χ0) is 24.4. The van der Waals surface area contributed by atoms with Gasteiger partial charge in [-0.15, -0.1) is 6.58 Å². The van der Waals surface area contributed by atoms with Crippen LogP contribution in [-0.2, 0) is 18.3 Å². The highest BCUT2D eigenvalue weighted by atomic mass is 16.5. The molecule has 0 heterocycles. The first kappa shape index (κ1) is 23.0. The van der Waals surface area contributed by atoms with Crippen LogP contribution >= 0.6 is 0 Å². The zero-order valence-corrected chi connectivity index (χ0v) is 20.8. The molecule has 4 aromatic carbocycles. The fourth-order valence-corrected chi connectivity index (χ4v) is 5.83. The fraction of sp³-hybridized carbons (Fsp3) is 0.212. The number of aryl methyl sites for hydroxylation is 1. The van der Waals surface area contributed by atoms with Crippen LogP contribution in [0.5, 0.6) is 11.5 Å². The van der Waals surface area contributed by atoms with Crippen LogP contribution in [0.3, 0.4) is 0 Å². The average molecular weight is 461 g/mol. The molecule has 1 aliphatic carbocycles. The molecular weight excluding hydrogens is 428 g/mol. The van der Waals surface area contributed by atoms with Gasteiger partial charge in [0, 0.05) is 0 Å². The second kappa shape index (κ2) is 9.46. The van der Waals surface area contributed by atoms with Gasteiger partial charge in [-0.2, -0.15) is 0 Å². The van der Waals surface area contributed by atoms with E-state index in [1.54, 1.807) is 14.2 Å². The van der Waals surface area contributed by atoms with E-state index < -0.39 is 5.41 Å². The largest absolute Gasteiger partial charge is 0.496 e. The van der Waals surface area contributed by atoms with Crippen LogP contribution in [0.4, 0.5) is 0 Å². The summed E-state index contributed by atoms with van der Waals surface area (Å²) in [5, 5.41) is 0. The van der Waals surface area contributed by atoms with Crippen molar-refractivity contribution in [1.29, 1.82) is 0 Å². The van der Waals surface area contributed by atoms with Gasteiger partial charge in [0.15, 0.2) is 0 Å². The zero-order valence-electron chi connectivity index (χ0n) is 20.8. The number of allylic oxidation sites excluding steroid dienone is 1. The summed E-state index contributed by atoms with van der Waals surface area (Å²) in [6.07, 6.45) is 4.73. The third kappa shape index (κ3) is 3.56. The summed E-state index contributed by atoms with van der Waals surface area (Å²) in [5.74, 6) is 1.84. The van der Waals surface area contributed by atoms with E-state index in [-0.39, 0.29) is 0 Å². The Balaban J connectivity index is 1.90. The van der Waals surface area contributed by atoms with E-state index in [1.807, 2.05) is 6.08 Å². The highest BCUT2D eigenvalue weighted by Crippen LogP contribution is 2.56. The number of hydrogen-bond donors (Lipinski definition) is 0. The molecule has 0 atom stereocenters. The van der Waals surface area contributed by atoms with Crippen LogP contribution in [0, 0.1) is 0 Å².